The molecule has 2 fully saturated rings. The maximum atomic E-state index is 5.01. The summed E-state index contributed by atoms with van der Waals surface area (Å²) in [6.45, 7) is 5.01. The lowest BCUT2D eigenvalue weighted by Gasteiger charge is -2.36. The van der Waals surface area contributed by atoms with Crippen molar-refractivity contribution < 1.29 is 0 Å². The normalized spacial score (nSPS) is 16.1. The van der Waals surface area contributed by atoms with Crippen LogP contribution in [0.25, 0.3) is 33.6 Å². The molecule has 0 atom stereocenters. The van der Waals surface area contributed by atoms with E-state index < -0.39 is 16.1 Å². The average molecular weight is 644 g/mol. The van der Waals surface area contributed by atoms with Crippen molar-refractivity contribution >= 4 is 43.6 Å². The lowest BCUT2D eigenvalue weighted by molar-refractivity contribution is 0.916. The fourth-order valence-electron chi connectivity index (χ4n) is 7.40. The molecule has 0 spiro atoms. The minimum Gasteiger partial charge on any atom is -0.310 e. The molecule has 0 N–H and O–H groups in total. The van der Waals surface area contributed by atoms with Crippen LogP contribution in [0.5, 0.6) is 0 Å². The van der Waals surface area contributed by atoms with Gasteiger partial charge in [0.25, 0.3) is 0 Å². The smallest absolute Gasteiger partial charge is 0.0856 e. The SMILES string of the molecule is C[Si]1(c2ccc(-c3cccc(N(c4cccc(-c5ccc([Si]6(C)CCC6)cn5)c4)c4ccccc4-c4ccccc4)c3)nc2)CCC1. The highest BCUT2D eigenvalue weighted by Crippen LogP contribution is 2.42. The van der Waals surface area contributed by atoms with Gasteiger partial charge in [-0.25, -0.2) is 0 Å². The van der Waals surface area contributed by atoms with Gasteiger partial charge in [-0.3, -0.25) is 9.97 Å². The molecule has 232 valence electrons. The van der Waals surface area contributed by atoms with Gasteiger partial charge in [-0.05, 0) is 58.4 Å². The van der Waals surface area contributed by atoms with Gasteiger partial charge < -0.3 is 4.90 Å². The molecule has 4 aromatic carbocycles. The number of para-hydroxylation sites is 1. The van der Waals surface area contributed by atoms with Gasteiger partial charge in [-0.1, -0.05) is 135 Å². The van der Waals surface area contributed by atoms with E-state index in [1.165, 1.54) is 58.5 Å². The van der Waals surface area contributed by atoms with Crippen LogP contribution in [0.2, 0.25) is 37.3 Å². The zero-order valence-electron chi connectivity index (χ0n) is 27.4. The summed E-state index contributed by atoms with van der Waals surface area (Å²) in [6, 6.07) is 51.8. The number of hydrogen-bond acceptors (Lipinski definition) is 3. The monoisotopic (exact) mass is 643 g/mol. The molecule has 5 heteroatoms. The van der Waals surface area contributed by atoms with E-state index in [0.717, 1.165) is 39.6 Å². The van der Waals surface area contributed by atoms with E-state index in [0.29, 0.717) is 0 Å². The minimum atomic E-state index is -1.27. The van der Waals surface area contributed by atoms with Crippen LogP contribution in [0.4, 0.5) is 17.1 Å². The standard InChI is InChI=1S/C42H41N3Si2/c1-46(24-10-25-46)37-20-22-40(43-30-37)33-14-8-16-35(28-33)45(42-19-7-6-18-39(42)32-12-4-3-5-13-32)36-17-9-15-34(29-36)41-23-21-38(31-44-41)47(2)26-11-27-47/h3-9,12-23,28-31H,10-11,24-27H2,1-2H3. The molecule has 2 aliphatic heterocycles. The molecular weight excluding hydrogens is 603 g/mol. The van der Waals surface area contributed by atoms with E-state index in [1.54, 1.807) is 0 Å². The molecular formula is C42H41N3Si2. The Morgan fingerprint density at radius 2 is 0.979 bits per heavy atom. The highest BCUT2D eigenvalue weighted by atomic mass is 28.3. The van der Waals surface area contributed by atoms with Gasteiger partial charge >= 0.3 is 0 Å². The highest BCUT2D eigenvalue weighted by molar-refractivity contribution is 6.93. The average Bonchev–Trinajstić information content (AvgIpc) is 3.11. The summed E-state index contributed by atoms with van der Waals surface area (Å²) in [5.74, 6) is 0. The zero-order valence-corrected chi connectivity index (χ0v) is 29.4. The summed E-state index contributed by atoms with van der Waals surface area (Å²) in [7, 11) is -2.54. The third-order valence-corrected chi connectivity index (χ3v) is 20.1. The van der Waals surface area contributed by atoms with Gasteiger partial charge in [0.05, 0.1) is 33.2 Å². The number of aromatic nitrogens is 2. The molecule has 47 heavy (non-hydrogen) atoms. The topological polar surface area (TPSA) is 29.0 Å². The van der Waals surface area contributed by atoms with Crippen LogP contribution in [-0.4, -0.2) is 26.1 Å². The molecule has 4 heterocycles. The van der Waals surface area contributed by atoms with Gasteiger partial charge in [0.15, 0.2) is 0 Å². The van der Waals surface area contributed by atoms with Crippen LogP contribution < -0.4 is 15.3 Å². The summed E-state index contributed by atoms with van der Waals surface area (Å²) in [4.78, 5) is 12.4. The number of nitrogens with zero attached hydrogens (tertiary/aromatic N) is 3. The molecule has 0 aliphatic carbocycles. The van der Waals surface area contributed by atoms with Crippen LogP contribution in [0.3, 0.4) is 0 Å². The van der Waals surface area contributed by atoms with Gasteiger partial charge in [-0.2, -0.15) is 0 Å². The van der Waals surface area contributed by atoms with Gasteiger partial charge in [-0.15, -0.1) is 0 Å². The van der Waals surface area contributed by atoms with Gasteiger partial charge in [0.1, 0.15) is 0 Å². The molecule has 2 aromatic heterocycles. The molecule has 6 aromatic rings. The summed E-state index contributed by atoms with van der Waals surface area (Å²) in [6.07, 6.45) is 7.06. The largest absolute Gasteiger partial charge is 0.310 e. The van der Waals surface area contributed by atoms with Crippen molar-refractivity contribution in [1.29, 1.82) is 0 Å². The fraction of sp³-hybridized carbons (Fsp3) is 0.190. The van der Waals surface area contributed by atoms with E-state index >= 15 is 0 Å². The summed E-state index contributed by atoms with van der Waals surface area (Å²) in [5.41, 5.74) is 9.99. The van der Waals surface area contributed by atoms with Crippen LogP contribution in [0.1, 0.15) is 12.8 Å². The predicted octanol–water partition coefficient (Wildman–Crippen LogP) is 10.3. The van der Waals surface area contributed by atoms with E-state index in [9.17, 15) is 0 Å². The molecule has 0 amide bonds. The first-order valence-electron chi connectivity index (χ1n) is 17.1. The van der Waals surface area contributed by atoms with Gasteiger partial charge in [0.2, 0.25) is 0 Å². The van der Waals surface area contributed by atoms with Crippen molar-refractivity contribution in [2.75, 3.05) is 4.90 Å². The maximum absolute atomic E-state index is 5.01. The van der Waals surface area contributed by atoms with Crippen molar-refractivity contribution in [3.8, 4) is 33.6 Å². The molecule has 8 rings (SSSR count). The number of anilines is 3. The molecule has 3 nitrogen and oxygen atoms in total. The van der Waals surface area contributed by atoms with Gasteiger partial charge in [0, 0.05) is 40.5 Å². The second-order valence-electron chi connectivity index (χ2n) is 14.0. The first-order valence-corrected chi connectivity index (χ1v) is 22.9. The second-order valence-corrected chi connectivity index (χ2v) is 23.4. The molecule has 0 saturated carbocycles. The molecule has 0 radical (unpaired) electrons. The summed E-state index contributed by atoms with van der Waals surface area (Å²) >= 11 is 0. The Morgan fingerprint density at radius 1 is 0.489 bits per heavy atom. The molecule has 2 aliphatic rings. The van der Waals surface area contributed by atoms with Crippen LogP contribution in [0.15, 0.2) is 140 Å². The Bertz CT molecular complexity index is 1910. The van der Waals surface area contributed by atoms with Crippen molar-refractivity contribution in [2.24, 2.45) is 0 Å². The quantitative estimate of drug-likeness (QED) is 0.155. The Hall–Kier alpha value is -4.59. The fourth-order valence-corrected chi connectivity index (χ4v) is 13.1. The molecule has 2 saturated heterocycles. The van der Waals surface area contributed by atoms with Crippen molar-refractivity contribution in [1.82, 2.24) is 9.97 Å². The zero-order chi connectivity index (χ0) is 31.8. The van der Waals surface area contributed by atoms with E-state index in [2.05, 4.69) is 158 Å². The minimum absolute atomic E-state index is 1.02. The van der Waals surface area contributed by atoms with Crippen LogP contribution in [-0.2, 0) is 0 Å². The van der Waals surface area contributed by atoms with E-state index in [4.69, 9.17) is 9.97 Å². The molecule has 0 bridgehead atoms. The Labute approximate surface area is 281 Å². The number of benzene rings is 4. The third kappa shape index (κ3) is 5.68. The summed E-state index contributed by atoms with van der Waals surface area (Å²) < 4.78 is 0. The second kappa shape index (κ2) is 12.2. The Balaban J connectivity index is 1.22. The highest BCUT2D eigenvalue weighted by Gasteiger charge is 2.37. The predicted molar refractivity (Wildman–Crippen MR) is 204 cm³/mol. The first kappa shape index (κ1) is 29.8. The van der Waals surface area contributed by atoms with Crippen molar-refractivity contribution in [3.05, 3.63) is 140 Å². The first-order chi connectivity index (χ1) is 23.0. The number of hydrogen-bond donors (Lipinski definition) is 0. The summed E-state index contributed by atoms with van der Waals surface area (Å²) in [5, 5.41) is 2.98. The lowest BCUT2D eigenvalue weighted by atomic mass is 10.0. The lowest BCUT2D eigenvalue weighted by Crippen LogP contribution is -2.50. The number of pyridine rings is 2. The number of rotatable bonds is 8. The Morgan fingerprint density at radius 3 is 1.45 bits per heavy atom. The Kier molecular flexibility index (Phi) is 7.74. The van der Waals surface area contributed by atoms with E-state index in [1.807, 2.05) is 0 Å². The maximum Gasteiger partial charge on any atom is 0.0856 e. The van der Waals surface area contributed by atoms with Crippen LogP contribution >= 0.6 is 0 Å². The third-order valence-electron chi connectivity index (χ3n) is 10.9. The van der Waals surface area contributed by atoms with Crippen molar-refractivity contribution in [2.45, 2.75) is 50.1 Å². The van der Waals surface area contributed by atoms with Crippen LogP contribution in [0, 0.1) is 0 Å². The van der Waals surface area contributed by atoms with Crippen molar-refractivity contribution in [3.63, 3.8) is 0 Å². The van der Waals surface area contributed by atoms with E-state index in [-0.39, 0.29) is 0 Å². The molecule has 0 unspecified atom stereocenters.